The Kier molecular flexibility index (Phi) is 14.3. The minimum atomic E-state index is 0. The first-order valence-corrected chi connectivity index (χ1v) is 9.62. The number of aliphatic imine (C=N–C) groups is 1. The second-order valence-electron chi connectivity index (χ2n) is 6.75. The molecule has 0 aliphatic carbocycles. The molecule has 1 amide bonds. The van der Waals surface area contributed by atoms with Crippen molar-refractivity contribution in [3.8, 4) is 0 Å². The van der Waals surface area contributed by atoms with Crippen LogP contribution < -0.4 is 16.0 Å². The molecule has 1 heterocycles. The van der Waals surface area contributed by atoms with Gasteiger partial charge < -0.3 is 16.0 Å². The van der Waals surface area contributed by atoms with Crippen LogP contribution in [0.15, 0.2) is 4.99 Å². The Labute approximate surface area is 171 Å². The maximum Gasteiger partial charge on any atom is 0.221 e. The fourth-order valence-corrected chi connectivity index (χ4v) is 3.14. The number of guanidine groups is 1. The third-order valence-electron chi connectivity index (χ3n) is 4.32. The van der Waals surface area contributed by atoms with Gasteiger partial charge >= 0.3 is 0 Å². The van der Waals surface area contributed by atoms with Gasteiger partial charge in [0, 0.05) is 38.1 Å². The number of nitrogens with zero attached hydrogens (tertiary/aromatic N) is 2. The van der Waals surface area contributed by atoms with Crippen molar-refractivity contribution in [1.82, 2.24) is 20.9 Å². The fraction of sp³-hybridized carbons (Fsp3) is 0.889. The molecule has 0 saturated carbocycles. The van der Waals surface area contributed by atoms with Gasteiger partial charge in [-0.15, -0.1) is 24.0 Å². The molecule has 3 N–H and O–H groups in total. The summed E-state index contributed by atoms with van der Waals surface area (Å²) in [6, 6.07) is 0.916. The minimum Gasteiger partial charge on any atom is -0.357 e. The van der Waals surface area contributed by atoms with Crippen LogP contribution in [0.3, 0.4) is 0 Å². The molecule has 6 nitrogen and oxygen atoms in total. The van der Waals surface area contributed by atoms with E-state index in [0.717, 1.165) is 31.6 Å². The Balaban J connectivity index is 0.00000576. The van der Waals surface area contributed by atoms with Gasteiger partial charge in [-0.1, -0.05) is 13.3 Å². The first kappa shape index (κ1) is 24.4. The minimum absolute atomic E-state index is 0. The maximum atomic E-state index is 11.7. The van der Waals surface area contributed by atoms with Crippen LogP contribution in [0.1, 0.15) is 59.8 Å². The van der Waals surface area contributed by atoms with Crippen LogP contribution in [0.2, 0.25) is 0 Å². The standard InChI is InChI=1S/C18H37N5O.HI/c1-5-16-9-7-8-13-23(16)14-12-21-18(19-6-2)20-11-10-17(24)22-15(3)4;/h15-16H,5-14H2,1-4H3,(H,22,24)(H2,19,20,21);1H. The highest BCUT2D eigenvalue weighted by Gasteiger charge is 2.19. The summed E-state index contributed by atoms with van der Waals surface area (Å²) in [6.45, 7) is 12.7. The largest absolute Gasteiger partial charge is 0.357 e. The average Bonchev–Trinajstić information content (AvgIpc) is 2.54. The van der Waals surface area contributed by atoms with E-state index in [4.69, 9.17) is 0 Å². The number of halogens is 1. The summed E-state index contributed by atoms with van der Waals surface area (Å²) >= 11 is 0. The lowest BCUT2D eigenvalue weighted by atomic mass is 10.0. The smallest absolute Gasteiger partial charge is 0.221 e. The van der Waals surface area contributed by atoms with Gasteiger partial charge in [-0.25, -0.2) is 0 Å². The van der Waals surface area contributed by atoms with Crippen molar-refractivity contribution in [3.05, 3.63) is 0 Å². The molecule has 0 bridgehead atoms. The van der Waals surface area contributed by atoms with Gasteiger partial charge in [0.25, 0.3) is 0 Å². The lowest BCUT2D eigenvalue weighted by molar-refractivity contribution is -0.121. The van der Waals surface area contributed by atoms with E-state index in [-0.39, 0.29) is 35.9 Å². The van der Waals surface area contributed by atoms with E-state index in [1.165, 1.54) is 32.2 Å². The van der Waals surface area contributed by atoms with Crippen molar-refractivity contribution in [2.75, 3.05) is 32.7 Å². The molecule has 0 spiro atoms. The second-order valence-corrected chi connectivity index (χ2v) is 6.75. The number of likely N-dealkylation sites (tertiary alicyclic amines) is 1. The molecule has 1 rings (SSSR count). The Morgan fingerprint density at radius 3 is 2.64 bits per heavy atom. The zero-order valence-corrected chi connectivity index (χ0v) is 18.8. The van der Waals surface area contributed by atoms with Crippen molar-refractivity contribution in [1.29, 1.82) is 0 Å². The van der Waals surface area contributed by atoms with E-state index >= 15 is 0 Å². The average molecular weight is 467 g/mol. The lowest BCUT2D eigenvalue weighted by Gasteiger charge is -2.34. The molecule has 1 aliphatic heterocycles. The third-order valence-corrected chi connectivity index (χ3v) is 4.32. The molecule has 0 aromatic carbocycles. The summed E-state index contributed by atoms with van der Waals surface area (Å²) in [6.07, 6.45) is 5.69. The molecule has 7 heteroatoms. The molecule has 25 heavy (non-hydrogen) atoms. The van der Waals surface area contributed by atoms with Crippen molar-refractivity contribution in [2.45, 2.75) is 71.9 Å². The van der Waals surface area contributed by atoms with Crippen LogP contribution in [-0.4, -0.2) is 61.6 Å². The van der Waals surface area contributed by atoms with Gasteiger partial charge in [0.15, 0.2) is 5.96 Å². The van der Waals surface area contributed by atoms with E-state index in [0.29, 0.717) is 13.0 Å². The normalized spacial score (nSPS) is 18.6. The quantitative estimate of drug-likeness (QED) is 0.277. The first-order valence-electron chi connectivity index (χ1n) is 9.62. The first-order chi connectivity index (χ1) is 11.6. The molecule has 1 fully saturated rings. The van der Waals surface area contributed by atoms with Gasteiger partial charge in [0.2, 0.25) is 5.91 Å². The Morgan fingerprint density at radius 2 is 2.00 bits per heavy atom. The molecule has 1 unspecified atom stereocenters. The SMILES string of the molecule is CCNC(=NCCN1CCCCC1CC)NCCC(=O)NC(C)C.I. The number of amides is 1. The van der Waals surface area contributed by atoms with Crippen LogP contribution in [0.25, 0.3) is 0 Å². The lowest BCUT2D eigenvalue weighted by Crippen LogP contribution is -2.42. The topological polar surface area (TPSA) is 68.8 Å². The number of carbonyl (C=O) groups is 1. The van der Waals surface area contributed by atoms with Gasteiger partial charge in [0.05, 0.1) is 6.54 Å². The van der Waals surface area contributed by atoms with Crippen LogP contribution >= 0.6 is 24.0 Å². The molecule has 0 radical (unpaired) electrons. The number of hydrogen-bond acceptors (Lipinski definition) is 3. The molecule has 0 aromatic rings. The molecule has 148 valence electrons. The molecular weight excluding hydrogens is 429 g/mol. The third kappa shape index (κ3) is 10.9. The summed E-state index contributed by atoms with van der Waals surface area (Å²) in [5, 5.41) is 9.40. The van der Waals surface area contributed by atoms with Crippen LogP contribution in [0.5, 0.6) is 0 Å². The van der Waals surface area contributed by atoms with Crippen molar-refractivity contribution < 1.29 is 4.79 Å². The summed E-state index contributed by atoms with van der Waals surface area (Å²) in [7, 11) is 0. The predicted molar refractivity (Wildman–Crippen MR) is 117 cm³/mol. The Bertz CT molecular complexity index is 390. The van der Waals surface area contributed by atoms with Crippen LogP contribution in [0.4, 0.5) is 0 Å². The van der Waals surface area contributed by atoms with Crippen LogP contribution in [-0.2, 0) is 4.79 Å². The highest BCUT2D eigenvalue weighted by Crippen LogP contribution is 2.18. The van der Waals surface area contributed by atoms with Gasteiger partial charge in [-0.05, 0) is 46.6 Å². The fourth-order valence-electron chi connectivity index (χ4n) is 3.14. The number of nitrogens with one attached hydrogen (secondary N) is 3. The van der Waals surface area contributed by atoms with Crippen molar-refractivity contribution in [3.63, 3.8) is 0 Å². The van der Waals surface area contributed by atoms with Gasteiger partial charge in [-0.2, -0.15) is 0 Å². The summed E-state index contributed by atoms with van der Waals surface area (Å²) in [5.41, 5.74) is 0. The van der Waals surface area contributed by atoms with E-state index in [9.17, 15) is 4.79 Å². The second kappa shape index (κ2) is 14.6. The maximum absolute atomic E-state index is 11.7. The van der Waals surface area contributed by atoms with Crippen molar-refractivity contribution >= 4 is 35.8 Å². The van der Waals surface area contributed by atoms with E-state index in [2.05, 4.69) is 39.7 Å². The van der Waals surface area contributed by atoms with Gasteiger partial charge in [-0.3, -0.25) is 14.7 Å². The number of carbonyl (C=O) groups excluding carboxylic acids is 1. The zero-order valence-electron chi connectivity index (χ0n) is 16.4. The molecule has 1 aliphatic rings. The van der Waals surface area contributed by atoms with Gasteiger partial charge in [0.1, 0.15) is 0 Å². The Morgan fingerprint density at radius 1 is 1.24 bits per heavy atom. The highest BCUT2D eigenvalue weighted by atomic mass is 127. The molecular formula is C18H38IN5O. The summed E-state index contributed by atoms with van der Waals surface area (Å²) < 4.78 is 0. The predicted octanol–water partition coefficient (Wildman–Crippen LogP) is 2.34. The van der Waals surface area contributed by atoms with Crippen LogP contribution in [0, 0.1) is 0 Å². The number of rotatable bonds is 9. The Hall–Kier alpha value is -0.570. The van der Waals surface area contributed by atoms with E-state index in [1.807, 2.05) is 13.8 Å². The van der Waals surface area contributed by atoms with Crippen molar-refractivity contribution in [2.24, 2.45) is 4.99 Å². The monoisotopic (exact) mass is 467 g/mol. The molecule has 0 aromatic heterocycles. The zero-order chi connectivity index (χ0) is 17.8. The number of piperidine rings is 1. The summed E-state index contributed by atoms with van der Waals surface area (Å²) in [4.78, 5) is 18.9. The molecule has 1 atom stereocenters. The van der Waals surface area contributed by atoms with E-state index in [1.54, 1.807) is 0 Å². The summed E-state index contributed by atoms with van der Waals surface area (Å²) in [5.74, 6) is 0.882. The number of hydrogen-bond donors (Lipinski definition) is 3. The van der Waals surface area contributed by atoms with E-state index < -0.39 is 0 Å². The molecule has 1 saturated heterocycles. The highest BCUT2D eigenvalue weighted by molar-refractivity contribution is 14.0.